The van der Waals surface area contributed by atoms with Gasteiger partial charge in [-0.05, 0) is 46.8 Å². The third-order valence-corrected chi connectivity index (χ3v) is 11.1. The van der Waals surface area contributed by atoms with Gasteiger partial charge >= 0.3 is 0 Å². The van der Waals surface area contributed by atoms with Crippen molar-refractivity contribution in [3.8, 4) is 5.75 Å². The Morgan fingerprint density at radius 2 is 1.34 bits per heavy atom. The highest BCUT2D eigenvalue weighted by Crippen LogP contribution is 2.37. The summed E-state index contributed by atoms with van der Waals surface area (Å²) in [4.78, 5) is 0. The molecule has 32 heavy (non-hydrogen) atoms. The molecule has 3 aromatic carbocycles. The van der Waals surface area contributed by atoms with E-state index < -0.39 is 8.32 Å². The third kappa shape index (κ3) is 5.23. The van der Waals surface area contributed by atoms with E-state index in [0.717, 1.165) is 30.8 Å². The number of hydrogen-bond donors (Lipinski definition) is 0. The summed E-state index contributed by atoms with van der Waals surface area (Å²) in [6.07, 6.45) is 4.26. The van der Waals surface area contributed by atoms with E-state index >= 15 is 0 Å². The van der Waals surface area contributed by atoms with E-state index in [0.29, 0.717) is 0 Å². The highest BCUT2D eigenvalue weighted by atomic mass is 28.4. The maximum atomic E-state index is 6.98. The number of rotatable bonds is 9. The second-order valence-electron chi connectivity index (χ2n) is 9.24. The molecule has 0 saturated heterocycles. The molecule has 168 valence electrons. The van der Waals surface area contributed by atoms with Gasteiger partial charge in [0.1, 0.15) is 5.75 Å². The van der Waals surface area contributed by atoms with Crippen molar-refractivity contribution < 1.29 is 9.16 Å². The zero-order chi connectivity index (χ0) is 23.0. The first-order chi connectivity index (χ1) is 15.4. The molecule has 0 bridgehead atoms. The average Bonchev–Trinajstić information content (AvgIpc) is 2.81. The molecular formula is C29H36O2Si. The largest absolute Gasteiger partial charge is 0.496 e. The number of unbranched alkanes of at least 4 members (excludes halogenated alkanes) is 1. The van der Waals surface area contributed by atoms with Gasteiger partial charge in [0.15, 0.2) is 0 Å². The predicted octanol–water partition coefficient (Wildman–Crippen LogP) is 6.46. The van der Waals surface area contributed by atoms with Crippen molar-refractivity contribution in [1.29, 1.82) is 0 Å². The van der Waals surface area contributed by atoms with E-state index in [2.05, 4.69) is 107 Å². The van der Waals surface area contributed by atoms with Gasteiger partial charge in [0.05, 0.1) is 7.11 Å². The van der Waals surface area contributed by atoms with Gasteiger partial charge < -0.3 is 9.16 Å². The van der Waals surface area contributed by atoms with Crippen LogP contribution in [0, 0.1) is 0 Å². The highest BCUT2D eigenvalue weighted by Gasteiger charge is 2.49. The van der Waals surface area contributed by atoms with Crippen molar-refractivity contribution in [2.24, 2.45) is 0 Å². The smallest absolute Gasteiger partial charge is 0.261 e. The Labute approximate surface area is 195 Å². The number of allylic oxidation sites excluding steroid dienone is 2. The lowest BCUT2D eigenvalue weighted by Gasteiger charge is -2.43. The Kier molecular flexibility index (Phi) is 8.11. The molecule has 0 atom stereocenters. The minimum Gasteiger partial charge on any atom is -0.496 e. The first-order valence-corrected chi connectivity index (χ1v) is 13.4. The predicted molar refractivity (Wildman–Crippen MR) is 139 cm³/mol. The summed E-state index contributed by atoms with van der Waals surface area (Å²) in [5.41, 5.74) is 2.40. The number of para-hydroxylation sites is 1. The fraction of sp³-hybridized carbons (Fsp3) is 0.310. The standard InChI is InChI=1S/C29H36O2Si/c1-24(27-21-12-13-22-28(27)30-5)16-14-15-23-31-32(29(2,3)4,25-17-8-6-9-18-25)26-19-10-7-11-20-26/h6-13,16-22H,14-15,23H2,1-5H3/b24-16+. The van der Waals surface area contributed by atoms with Crippen LogP contribution in [0.5, 0.6) is 5.75 Å². The molecule has 0 radical (unpaired) electrons. The molecule has 0 aliphatic rings. The van der Waals surface area contributed by atoms with Crippen LogP contribution >= 0.6 is 0 Å². The molecule has 0 aromatic heterocycles. The van der Waals surface area contributed by atoms with E-state index in [1.165, 1.54) is 15.9 Å². The van der Waals surface area contributed by atoms with Gasteiger partial charge in [-0.3, -0.25) is 0 Å². The van der Waals surface area contributed by atoms with E-state index in [-0.39, 0.29) is 5.04 Å². The Morgan fingerprint density at radius 3 is 1.88 bits per heavy atom. The molecule has 0 aliphatic heterocycles. The zero-order valence-corrected chi connectivity index (χ0v) is 21.1. The second-order valence-corrected chi connectivity index (χ2v) is 13.5. The summed E-state index contributed by atoms with van der Waals surface area (Å²) < 4.78 is 12.5. The van der Waals surface area contributed by atoms with Crippen LogP contribution in [0.2, 0.25) is 5.04 Å². The topological polar surface area (TPSA) is 18.5 Å². The van der Waals surface area contributed by atoms with Crippen LogP contribution in [0.15, 0.2) is 91.0 Å². The van der Waals surface area contributed by atoms with Crippen molar-refractivity contribution in [3.63, 3.8) is 0 Å². The van der Waals surface area contributed by atoms with E-state index in [4.69, 9.17) is 9.16 Å². The Hall–Kier alpha value is -2.62. The Bertz CT molecular complexity index is 965. The first kappa shape index (κ1) is 24.0. The quantitative estimate of drug-likeness (QED) is 0.279. The molecule has 0 aliphatic carbocycles. The number of methoxy groups -OCH3 is 1. The molecule has 0 fully saturated rings. The van der Waals surface area contributed by atoms with Crippen molar-refractivity contribution in [1.82, 2.24) is 0 Å². The molecule has 3 rings (SSSR count). The fourth-order valence-corrected chi connectivity index (χ4v) is 9.08. The summed E-state index contributed by atoms with van der Waals surface area (Å²) in [6, 6.07) is 29.9. The number of ether oxygens (including phenoxy) is 1. The molecule has 0 saturated carbocycles. The molecule has 0 amide bonds. The fourth-order valence-electron chi connectivity index (χ4n) is 4.47. The van der Waals surface area contributed by atoms with Gasteiger partial charge in [0.2, 0.25) is 0 Å². The molecule has 0 heterocycles. The van der Waals surface area contributed by atoms with Crippen LogP contribution in [-0.4, -0.2) is 22.0 Å². The first-order valence-electron chi connectivity index (χ1n) is 11.5. The van der Waals surface area contributed by atoms with Crippen molar-refractivity contribution in [2.45, 2.75) is 45.6 Å². The summed E-state index contributed by atoms with van der Waals surface area (Å²) >= 11 is 0. The van der Waals surface area contributed by atoms with Crippen LogP contribution in [-0.2, 0) is 4.43 Å². The van der Waals surface area contributed by atoms with Crippen molar-refractivity contribution >= 4 is 24.3 Å². The van der Waals surface area contributed by atoms with Crippen LogP contribution in [0.1, 0.15) is 46.1 Å². The van der Waals surface area contributed by atoms with Gasteiger partial charge in [-0.15, -0.1) is 0 Å². The zero-order valence-electron chi connectivity index (χ0n) is 20.1. The molecule has 3 aromatic rings. The lowest BCUT2D eigenvalue weighted by molar-refractivity contribution is 0.293. The Balaban J connectivity index is 1.80. The maximum absolute atomic E-state index is 6.98. The molecule has 0 spiro atoms. The van der Waals surface area contributed by atoms with Crippen LogP contribution in [0.4, 0.5) is 0 Å². The maximum Gasteiger partial charge on any atom is 0.261 e. The highest BCUT2D eigenvalue weighted by molar-refractivity contribution is 6.99. The SMILES string of the molecule is COc1ccccc1/C(C)=C/CCCO[Si](c1ccccc1)(c1ccccc1)C(C)(C)C. The van der Waals surface area contributed by atoms with E-state index in [1.54, 1.807) is 7.11 Å². The van der Waals surface area contributed by atoms with Gasteiger partial charge in [-0.1, -0.05) is 106 Å². The molecular weight excluding hydrogens is 408 g/mol. The second kappa shape index (κ2) is 10.8. The van der Waals surface area contributed by atoms with E-state index in [1.807, 2.05) is 12.1 Å². The molecule has 0 N–H and O–H groups in total. The monoisotopic (exact) mass is 444 g/mol. The molecule has 3 heteroatoms. The summed E-state index contributed by atoms with van der Waals surface area (Å²) in [6.45, 7) is 9.87. The normalized spacial score (nSPS) is 12.6. The van der Waals surface area contributed by atoms with Crippen LogP contribution in [0.25, 0.3) is 5.57 Å². The minimum absolute atomic E-state index is 0.0128. The van der Waals surface area contributed by atoms with Crippen molar-refractivity contribution in [2.75, 3.05) is 13.7 Å². The molecule has 0 unspecified atom stereocenters. The average molecular weight is 445 g/mol. The minimum atomic E-state index is -2.45. The summed E-state index contributed by atoms with van der Waals surface area (Å²) in [5.74, 6) is 0.921. The van der Waals surface area contributed by atoms with Gasteiger partial charge in [-0.25, -0.2) is 0 Å². The number of benzene rings is 3. The van der Waals surface area contributed by atoms with E-state index in [9.17, 15) is 0 Å². The van der Waals surface area contributed by atoms with Gasteiger partial charge in [-0.2, -0.15) is 0 Å². The summed E-state index contributed by atoms with van der Waals surface area (Å²) in [5, 5.41) is 2.68. The van der Waals surface area contributed by atoms with Gasteiger partial charge in [0.25, 0.3) is 8.32 Å². The number of hydrogen-bond acceptors (Lipinski definition) is 2. The third-order valence-electron chi connectivity index (χ3n) is 6.07. The molecule has 2 nitrogen and oxygen atoms in total. The van der Waals surface area contributed by atoms with Crippen LogP contribution in [0.3, 0.4) is 0 Å². The summed E-state index contributed by atoms with van der Waals surface area (Å²) in [7, 11) is -0.720. The lowest BCUT2D eigenvalue weighted by Crippen LogP contribution is -2.66. The van der Waals surface area contributed by atoms with Crippen molar-refractivity contribution in [3.05, 3.63) is 96.6 Å². The van der Waals surface area contributed by atoms with Crippen LogP contribution < -0.4 is 15.1 Å². The Morgan fingerprint density at radius 1 is 0.812 bits per heavy atom. The van der Waals surface area contributed by atoms with Gasteiger partial charge in [0, 0.05) is 12.2 Å². The lowest BCUT2D eigenvalue weighted by atomic mass is 10.0.